The lowest BCUT2D eigenvalue weighted by Crippen LogP contribution is -2.43. The first-order valence-electron chi connectivity index (χ1n) is 8.59. The second kappa shape index (κ2) is 8.37. The Morgan fingerprint density at radius 1 is 1.30 bits per heavy atom. The van der Waals surface area contributed by atoms with Gasteiger partial charge in [-0.2, -0.15) is 4.74 Å². The van der Waals surface area contributed by atoms with E-state index in [0.29, 0.717) is 9.80 Å². The summed E-state index contributed by atoms with van der Waals surface area (Å²) in [4.78, 5) is 39.3. The van der Waals surface area contributed by atoms with Gasteiger partial charge in [0.1, 0.15) is 6.61 Å². The van der Waals surface area contributed by atoms with E-state index in [2.05, 4.69) is 4.84 Å². The third-order valence-corrected chi connectivity index (χ3v) is 7.37. The Kier molecular flexibility index (Phi) is 6.61. The van der Waals surface area contributed by atoms with Crippen molar-refractivity contribution in [1.29, 1.82) is 0 Å². The smallest absolute Gasteiger partial charge is 0.533 e. The summed E-state index contributed by atoms with van der Waals surface area (Å²) in [6.07, 6.45) is 0.0849. The van der Waals surface area contributed by atoms with E-state index in [1.165, 1.54) is 13.1 Å². The average Bonchev–Trinajstić information content (AvgIpc) is 3.08. The van der Waals surface area contributed by atoms with E-state index in [9.17, 15) is 24.2 Å². The Labute approximate surface area is 156 Å². The third-order valence-electron chi connectivity index (χ3n) is 4.50. The van der Waals surface area contributed by atoms with Gasteiger partial charge in [0.05, 0.1) is 19.1 Å². The van der Waals surface area contributed by atoms with Crippen molar-refractivity contribution < 1.29 is 42.3 Å². The van der Waals surface area contributed by atoms with Crippen molar-refractivity contribution in [2.24, 2.45) is 5.92 Å². The molecule has 2 heterocycles. The van der Waals surface area contributed by atoms with Crippen LogP contribution in [0.15, 0.2) is 0 Å². The molecule has 1 fully saturated rings. The van der Waals surface area contributed by atoms with Crippen LogP contribution in [0.5, 0.6) is 0 Å². The second-order valence-electron chi connectivity index (χ2n) is 6.10. The van der Waals surface area contributed by atoms with Gasteiger partial charge < -0.3 is 19.0 Å². The highest BCUT2D eigenvalue weighted by Gasteiger charge is 2.63. The molecular weight excluding hydrogens is 383 g/mol. The maximum absolute atomic E-state index is 13.2. The largest absolute Gasteiger partial charge is 0.623 e. The van der Waals surface area contributed by atoms with Gasteiger partial charge in [-0.1, -0.05) is 5.06 Å². The minimum atomic E-state index is -3.87. The SMILES string of the molecule is CCOP(=O)(OCC)[C@]1(C)[C@@H](COC(=O)ON2C(=O)CCC2=O)CC=[N+]1[O-]. The van der Waals surface area contributed by atoms with Gasteiger partial charge in [0, 0.05) is 26.2 Å². The highest BCUT2D eigenvalue weighted by atomic mass is 31.2. The minimum absolute atomic E-state index is 0.0429. The zero-order valence-electron chi connectivity index (χ0n) is 15.4. The molecule has 2 aliphatic heterocycles. The molecule has 12 heteroatoms. The molecule has 1 saturated heterocycles. The fourth-order valence-corrected chi connectivity index (χ4v) is 5.17. The third kappa shape index (κ3) is 3.99. The van der Waals surface area contributed by atoms with Crippen LogP contribution >= 0.6 is 7.60 Å². The maximum Gasteiger partial charge on any atom is 0.533 e. The molecule has 0 N–H and O–H groups in total. The number of carbonyl (C=O) groups excluding carboxylic acids is 3. The quantitative estimate of drug-likeness (QED) is 0.194. The van der Waals surface area contributed by atoms with E-state index >= 15 is 0 Å². The summed E-state index contributed by atoms with van der Waals surface area (Å²) in [5.74, 6) is -1.99. The van der Waals surface area contributed by atoms with Crippen molar-refractivity contribution in [1.82, 2.24) is 5.06 Å². The molecule has 0 aromatic carbocycles. The summed E-state index contributed by atoms with van der Waals surface area (Å²) in [6.45, 7) is 4.45. The molecule has 2 rings (SSSR count). The number of imide groups is 1. The number of nitrogens with zero attached hydrogens (tertiary/aromatic N) is 2. The number of hydroxylamine groups is 3. The summed E-state index contributed by atoms with van der Waals surface area (Å²) in [7, 11) is -3.87. The second-order valence-corrected chi connectivity index (χ2v) is 8.52. The first-order chi connectivity index (χ1) is 12.7. The normalized spacial score (nSPS) is 25.7. The molecule has 2 aliphatic rings. The molecule has 0 spiro atoms. The highest BCUT2D eigenvalue weighted by molar-refractivity contribution is 7.55. The molecule has 2 amide bonds. The van der Waals surface area contributed by atoms with Crippen LogP contribution in [0.25, 0.3) is 0 Å². The zero-order valence-corrected chi connectivity index (χ0v) is 16.3. The molecule has 0 aliphatic carbocycles. The van der Waals surface area contributed by atoms with Gasteiger partial charge in [0.2, 0.25) is 0 Å². The molecule has 0 aromatic heterocycles. The van der Waals surface area contributed by atoms with Crippen LogP contribution in [-0.4, -0.2) is 59.1 Å². The molecule has 152 valence electrons. The van der Waals surface area contributed by atoms with Gasteiger partial charge in [-0.25, -0.2) is 4.79 Å². The Morgan fingerprint density at radius 3 is 2.37 bits per heavy atom. The predicted octanol–water partition coefficient (Wildman–Crippen LogP) is 1.79. The Morgan fingerprint density at radius 2 is 1.85 bits per heavy atom. The molecule has 0 bridgehead atoms. The summed E-state index contributed by atoms with van der Waals surface area (Å²) < 4.78 is 29.3. The van der Waals surface area contributed by atoms with E-state index < -0.39 is 36.8 Å². The lowest BCUT2D eigenvalue weighted by Gasteiger charge is -2.34. The fraction of sp³-hybridized carbons (Fsp3) is 0.733. The van der Waals surface area contributed by atoms with Gasteiger partial charge in [0.25, 0.3) is 17.1 Å². The lowest BCUT2D eigenvalue weighted by atomic mass is 10.0. The van der Waals surface area contributed by atoms with Gasteiger partial charge in [0.15, 0.2) is 6.21 Å². The summed E-state index contributed by atoms with van der Waals surface area (Å²) in [5.41, 5.74) is 0. The number of carbonyl (C=O) groups is 3. The van der Waals surface area contributed by atoms with E-state index in [1.807, 2.05) is 0 Å². The lowest BCUT2D eigenvalue weighted by molar-refractivity contribution is -0.515. The average molecular weight is 406 g/mol. The first kappa shape index (κ1) is 21.3. The Balaban J connectivity index is 2.06. The number of amides is 2. The Bertz CT molecular complexity index is 669. The molecule has 0 unspecified atom stereocenters. The first-order valence-corrected chi connectivity index (χ1v) is 10.1. The molecule has 27 heavy (non-hydrogen) atoms. The van der Waals surface area contributed by atoms with Crippen molar-refractivity contribution in [3.63, 3.8) is 0 Å². The van der Waals surface area contributed by atoms with Crippen LogP contribution in [0.2, 0.25) is 0 Å². The number of ether oxygens (including phenoxy) is 1. The van der Waals surface area contributed by atoms with Crippen LogP contribution in [0, 0.1) is 11.1 Å². The van der Waals surface area contributed by atoms with Crippen LogP contribution < -0.4 is 0 Å². The summed E-state index contributed by atoms with van der Waals surface area (Å²) in [6, 6.07) is 0. The van der Waals surface area contributed by atoms with Crippen molar-refractivity contribution >= 4 is 31.8 Å². The topological polar surface area (TPSA) is 135 Å². The maximum atomic E-state index is 13.2. The van der Waals surface area contributed by atoms with Gasteiger partial charge >= 0.3 is 13.8 Å². The van der Waals surface area contributed by atoms with Gasteiger partial charge in [-0.15, -0.1) is 0 Å². The van der Waals surface area contributed by atoms with Crippen molar-refractivity contribution in [2.75, 3.05) is 19.8 Å². The predicted molar refractivity (Wildman–Crippen MR) is 90.6 cm³/mol. The van der Waals surface area contributed by atoms with E-state index in [4.69, 9.17) is 13.8 Å². The standard InChI is InChI=1S/C15H23N2O9P/c1-4-24-27(22,25-5-2)15(3)11(8-9-16(15)21)10-23-14(20)26-17-12(18)6-7-13(17)19/h9,11H,4-8,10H2,1-3H3/t11-,15-/m1/s1. The van der Waals surface area contributed by atoms with Gasteiger partial charge in [-0.05, 0) is 13.8 Å². The zero-order chi connectivity index (χ0) is 20.2. The van der Waals surface area contributed by atoms with Crippen molar-refractivity contribution in [3.05, 3.63) is 5.21 Å². The van der Waals surface area contributed by atoms with E-state index in [1.54, 1.807) is 13.8 Å². The van der Waals surface area contributed by atoms with Crippen LogP contribution in [0.3, 0.4) is 0 Å². The molecule has 0 saturated carbocycles. The van der Waals surface area contributed by atoms with Crippen LogP contribution in [0.4, 0.5) is 4.79 Å². The monoisotopic (exact) mass is 406 g/mol. The minimum Gasteiger partial charge on any atom is -0.623 e. The number of hydrogen-bond acceptors (Lipinski definition) is 9. The van der Waals surface area contributed by atoms with Crippen molar-refractivity contribution in [3.8, 4) is 0 Å². The highest BCUT2D eigenvalue weighted by Crippen LogP contribution is 2.64. The fourth-order valence-electron chi connectivity index (χ4n) is 2.95. The Hall–Kier alpha value is -1.97. The van der Waals surface area contributed by atoms with Crippen LogP contribution in [0.1, 0.15) is 40.0 Å². The van der Waals surface area contributed by atoms with E-state index in [-0.39, 0.29) is 39.1 Å². The van der Waals surface area contributed by atoms with Gasteiger partial charge in [-0.3, -0.25) is 19.0 Å². The molecule has 0 radical (unpaired) electrons. The number of hydrogen-bond donors (Lipinski definition) is 0. The molecule has 0 aromatic rings. The van der Waals surface area contributed by atoms with E-state index in [0.717, 1.165) is 0 Å². The molecule has 2 atom stereocenters. The molecule has 11 nitrogen and oxygen atoms in total. The molecular formula is C15H23N2O9P. The summed E-state index contributed by atoms with van der Waals surface area (Å²) >= 11 is 0. The number of rotatable bonds is 8. The van der Waals surface area contributed by atoms with Crippen molar-refractivity contribution in [2.45, 2.75) is 45.3 Å². The summed E-state index contributed by atoms with van der Waals surface area (Å²) in [5, 5.41) is 11.1. The van der Waals surface area contributed by atoms with Crippen LogP contribution in [-0.2, 0) is 32.8 Å².